The van der Waals surface area contributed by atoms with Gasteiger partial charge in [-0.3, -0.25) is 0 Å². The molecular weight excluding hydrogens is 166 g/mol. The first kappa shape index (κ1) is 11.8. The molecule has 1 aliphatic carbocycles. The van der Waals surface area contributed by atoms with Crippen molar-refractivity contribution in [3.63, 3.8) is 0 Å². The zero-order chi connectivity index (χ0) is 10.1. The third-order valence-corrected chi connectivity index (χ3v) is 1.52. The number of carboxylic acid groups (broad SMARTS) is 1. The van der Waals surface area contributed by atoms with E-state index in [1.807, 2.05) is 19.9 Å². The number of nitrogens with one attached hydrogen (secondary N) is 1. The van der Waals surface area contributed by atoms with Gasteiger partial charge in [0.1, 0.15) is 0 Å². The molecule has 0 radical (unpaired) electrons. The fourth-order valence-electron chi connectivity index (χ4n) is 0.976. The first-order chi connectivity index (χ1) is 6.29. The van der Waals surface area contributed by atoms with Crippen molar-refractivity contribution in [2.24, 2.45) is 0 Å². The van der Waals surface area contributed by atoms with Crippen molar-refractivity contribution >= 4 is 6.09 Å². The highest BCUT2D eigenvalue weighted by Gasteiger charge is 1.98. The molecule has 0 fully saturated rings. The molecule has 3 nitrogen and oxygen atoms in total. The van der Waals surface area contributed by atoms with Gasteiger partial charge in [-0.25, -0.2) is 4.79 Å². The lowest BCUT2D eigenvalue weighted by Crippen LogP contribution is -2.23. The summed E-state index contributed by atoms with van der Waals surface area (Å²) in [7, 11) is 0. The fourth-order valence-corrected chi connectivity index (χ4v) is 0.976. The SMILES string of the molecule is CC.O=C(O)NCC1=CCCC=C1.[HH]. The number of rotatable bonds is 2. The van der Waals surface area contributed by atoms with E-state index in [1.165, 1.54) is 0 Å². The summed E-state index contributed by atoms with van der Waals surface area (Å²) in [5.41, 5.74) is 1.05. The second-order valence-electron chi connectivity index (χ2n) is 2.42. The highest BCUT2D eigenvalue weighted by molar-refractivity contribution is 5.64. The zero-order valence-corrected chi connectivity index (χ0v) is 8.21. The van der Waals surface area contributed by atoms with Crippen molar-refractivity contribution in [1.29, 1.82) is 0 Å². The van der Waals surface area contributed by atoms with Crippen LogP contribution >= 0.6 is 0 Å². The van der Waals surface area contributed by atoms with Gasteiger partial charge >= 0.3 is 6.09 Å². The normalized spacial score (nSPS) is 13.8. The van der Waals surface area contributed by atoms with Crippen LogP contribution in [0.25, 0.3) is 0 Å². The third-order valence-electron chi connectivity index (χ3n) is 1.52. The van der Waals surface area contributed by atoms with Gasteiger partial charge in [0, 0.05) is 7.97 Å². The van der Waals surface area contributed by atoms with E-state index in [1.54, 1.807) is 0 Å². The maximum Gasteiger partial charge on any atom is 0.404 e. The average Bonchev–Trinajstić information content (AvgIpc) is 2.19. The molecule has 3 heteroatoms. The Morgan fingerprint density at radius 2 is 2.31 bits per heavy atom. The summed E-state index contributed by atoms with van der Waals surface area (Å²) in [4.78, 5) is 10.1. The molecular formula is C10H19NO2. The number of allylic oxidation sites excluding steroid dienone is 2. The maximum atomic E-state index is 10.1. The Kier molecular flexibility index (Phi) is 6.69. The van der Waals surface area contributed by atoms with E-state index >= 15 is 0 Å². The Morgan fingerprint density at radius 1 is 1.62 bits per heavy atom. The second-order valence-corrected chi connectivity index (χ2v) is 2.42. The van der Waals surface area contributed by atoms with E-state index in [2.05, 4.69) is 17.5 Å². The summed E-state index contributed by atoms with van der Waals surface area (Å²) in [5, 5.41) is 10.6. The first-order valence-corrected chi connectivity index (χ1v) is 4.61. The Hall–Kier alpha value is -1.25. The molecule has 0 aromatic rings. The summed E-state index contributed by atoms with van der Waals surface area (Å²) < 4.78 is 0. The molecule has 0 saturated carbocycles. The van der Waals surface area contributed by atoms with Crippen LogP contribution in [0.5, 0.6) is 0 Å². The molecule has 1 amide bonds. The van der Waals surface area contributed by atoms with Gasteiger partial charge in [0.2, 0.25) is 0 Å². The summed E-state index contributed by atoms with van der Waals surface area (Å²) in [6, 6.07) is 0. The van der Waals surface area contributed by atoms with Crippen LogP contribution in [-0.4, -0.2) is 17.7 Å². The minimum atomic E-state index is -0.968. The highest BCUT2D eigenvalue weighted by Crippen LogP contribution is 2.07. The van der Waals surface area contributed by atoms with Gasteiger partial charge in [-0.1, -0.05) is 32.1 Å². The lowest BCUT2D eigenvalue weighted by Gasteiger charge is -2.05. The molecule has 0 aromatic heterocycles. The first-order valence-electron chi connectivity index (χ1n) is 4.61. The van der Waals surface area contributed by atoms with Crippen LogP contribution < -0.4 is 5.32 Å². The summed E-state index contributed by atoms with van der Waals surface area (Å²) in [6.45, 7) is 4.42. The number of carbonyl (C=O) groups is 1. The molecule has 0 bridgehead atoms. The van der Waals surface area contributed by atoms with Crippen LogP contribution in [0.3, 0.4) is 0 Å². The lowest BCUT2D eigenvalue weighted by atomic mass is 10.1. The van der Waals surface area contributed by atoms with Crippen LogP contribution in [0.15, 0.2) is 23.8 Å². The van der Waals surface area contributed by atoms with Gasteiger partial charge in [0.05, 0.1) is 0 Å². The van der Waals surface area contributed by atoms with Gasteiger partial charge in [-0.05, 0) is 18.4 Å². The van der Waals surface area contributed by atoms with Gasteiger partial charge in [-0.2, -0.15) is 0 Å². The van der Waals surface area contributed by atoms with E-state index in [-0.39, 0.29) is 1.43 Å². The van der Waals surface area contributed by atoms with E-state index in [9.17, 15) is 4.79 Å². The molecule has 76 valence electrons. The van der Waals surface area contributed by atoms with Crippen molar-refractivity contribution < 1.29 is 11.3 Å². The standard InChI is InChI=1S/C8H11NO2.C2H6.H2/c10-8(11)9-6-7-4-2-1-3-5-7;1-2;/h2,4-5,9H,1,3,6H2,(H,10,11);1-2H3;1H. The molecule has 0 heterocycles. The molecule has 2 N–H and O–H groups in total. The molecule has 0 aromatic carbocycles. The molecule has 0 spiro atoms. The quantitative estimate of drug-likeness (QED) is 0.695. The van der Waals surface area contributed by atoms with Gasteiger partial charge in [-0.15, -0.1) is 0 Å². The smallest absolute Gasteiger partial charge is 0.404 e. The molecule has 0 saturated heterocycles. The van der Waals surface area contributed by atoms with Crippen molar-refractivity contribution in [3.8, 4) is 0 Å². The van der Waals surface area contributed by atoms with E-state index in [0.29, 0.717) is 6.54 Å². The largest absolute Gasteiger partial charge is 0.465 e. The number of hydrogen-bond donors (Lipinski definition) is 2. The monoisotopic (exact) mass is 185 g/mol. The summed E-state index contributed by atoms with van der Waals surface area (Å²) >= 11 is 0. The number of amides is 1. The van der Waals surface area contributed by atoms with Crippen molar-refractivity contribution in [1.82, 2.24) is 5.32 Å². The van der Waals surface area contributed by atoms with Crippen LogP contribution in [0.1, 0.15) is 28.1 Å². The van der Waals surface area contributed by atoms with E-state index in [4.69, 9.17) is 5.11 Å². The minimum Gasteiger partial charge on any atom is -0.465 e. The predicted molar refractivity (Wildman–Crippen MR) is 55.9 cm³/mol. The van der Waals surface area contributed by atoms with Crippen LogP contribution in [0, 0.1) is 0 Å². The van der Waals surface area contributed by atoms with Gasteiger partial charge in [0.15, 0.2) is 0 Å². The Morgan fingerprint density at radius 3 is 2.77 bits per heavy atom. The maximum absolute atomic E-state index is 10.1. The summed E-state index contributed by atoms with van der Waals surface area (Å²) in [6.07, 6.45) is 7.18. The van der Waals surface area contributed by atoms with Crippen LogP contribution in [0.2, 0.25) is 0 Å². The third kappa shape index (κ3) is 5.96. The Balaban J connectivity index is 0. The van der Waals surface area contributed by atoms with Gasteiger partial charge < -0.3 is 10.4 Å². The second kappa shape index (κ2) is 7.40. The Bertz CT molecular complexity index is 212. The van der Waals surface area contributed by atoms with Crippen LogP contribution in [0.4, 0.5) is 4.79 Å². The molecule has 0 atom stereocenters. The van der Waals surface area contributed by atoms with Crippen molar-refractivity contribution in [3.05, 3.63) is 23.8 Å². The topological polar surface area (TPSA) is 49.3 Å². The van der Waals surface area contributed by atoms with Crippen LogP contribution in [-0.2, 0) is 0 Å². The lowest BCUT2D eigenvalue weighted by molar-refractivity contribution is 0.195. The van der Waals surface area contributed by atoms with E-state index in [0.717, 1.165) is 18.4 Å². The molecule has 0 aliphatic heterocycles. The highest BCUT2D eigenvalue weighted by atomic mass is 16.4. The molecule has 1 rings (SSSR count). The number of hydrogen-bond acceptors (Lipinski definition) is 1. The zero-order valence-electron chi connectivity index (χ0n) is 8.21. The predicted octanol–water partition coefficient (Wildman–Crippen LogP) is 2.80. The van der Waals surface area contributed by atoms with Crippen molar-refractivity contribution in [2.45, 2.75) is 26.7 Å². The molecule has 13 heavy (non-hydrogen) atoms. The van der Waals surface area contributed by atoms with Gasteiger partial charge in [0.25, 0.3) is 0 Å². The average molecular weight is 185 g/mol. The fraction of sp³-hybridized carbons (Fsp3) is 0.500. The Labute approximate surface area is 80.6 Å². The molecule has 1 aliphatic rings. The van der Waals surface area contributed by atoms with E-state index < -0.39 is 6.09 Å². The molecule has 0 unspecified atom stereocenters. The van der Waals surface area contributed by atoms with Crippen molar-refractivity contribution in [2.75, 3.05) is 6.54 Å². The minimum absolute atomic E-state index is 0. The summed E-state index contributed by atoms with van der Waals surface area (Å²) in [5.74, 6) is 0.